The summed E-state index contributed by atoms with van der Waals surface area (Å²) >= 11 is 11.9. The first-order valence-electron chi connectivity index (χ1n) is 6.16. The lowest BCUT2D eigenvalue weighted by atomic mass is 10.2. The molecule has 19 heavy (non-hydrogen) atoms. The Balaban J connectivity index is 2.07. The third kappa shape index (κ3) is 4.23. The summed E-state index contributed by atoms with van der Waals surface area (Å²) in [4.78, 5) is 4.23. The van der Waals surface area contributed by atoms with Crippen LogP contribution in [0.2, 0.25) is 10.0 Å². The van der Waals surface area contributed by atoms with E-state index in [1.165, 1.54) is 0 Å². The minimum atomic E-state index is 0.582. The Morgan fingerprint density at radius 2 is 1.89 bits per heavy atom. The monoisotopic (exact) mass is 298 g/mol. The van der Waals surface area contributed by atoms with Gasteiger partial charge in [0.15, 0.2) is 5.76 Å². The number of halogens is 2. The van der Waals surface area contributed by atoms with Gasteiger partial charge in [-0.3, -0.25) is 0 Å². The molecule has 1 heterocycles. The number of nitrogens with one attached hydrogen (secondary N) is 1. The number of aromatic nitrogens is 1. The molecule has 0 unspecified atom stereocenters. The van der Waals surface area contributed by atoms with E-state index in [1.54, 1.807) is 24.4 Å². The van der Waals surface area contributed by atoms with Crippen LogP contribution in [0.3, 0.4) is 0 Å². The molecule has 0 spiro atoms. The van der Waals surface area contributed by atoms with Crippen molar-refractivity contribution in [2.45, 2.75) is 20.4 Å². The molecule has 5 heteroatoms. The molecular weight excluding hydrogens is 283 g/mol. The summed E-state index contributed by atoms with van der Waals surface area (Å²) in [5, 5.41) is 4.44. The Morgan fingerprint density at radius 3 is 2.53 bits per heavy atom. The second-order valence-electron chi connectivity index (χ2n) is 4.80. The molecule has 1 aromatic heterocycles. The van der Waals surface area contributed by atoms with E-state index in [9.17, 15) is 0 Å². The van der Waals surface area contributed by atoms with Crippen molar-refractivity contribution < 1.29 is 4.42 Å². The number of rotatable bonds is 5. The molecule has 0 atom stereocenters. The first-order valence-corrected chi connectivity index (χ1v) is 6.92. The third-order valence-corrected chi connectivity index (χ3v) is 2.97. The molecule has 0 saturated carbocycles. The summed E-state index contributed by atoms with van der Waals surface area (Å²) in [6, 6.07) is 5.30. The van der Waals surface area contributed by atoms with Gasteiger partial charge >= 0.3 is 0 Å². The van der Waals surface area contributed by atoms with Crippen LogP contribution in [0.15, 0.2) is 28.8 Å². The van der Waals surface area contributed by atoms with Crippen LogP contribution in [-0.2, 0) is 6.54 Å². The van der Waals surface area contributed by atoms with Crippen LogP contribution in [-0.4, -0.2) is 11.5 Å². The fourth-order valence-electron chi connectivity index (χ4n) is 1.69. The van der Waals surface area contributed by atoms with Crippen LogP contribution in [0.1, 0.15) is 19.7 Å². The van der Waals surface area contributed by atoms with Gasteiger partial charge in [-0.1, -0.05) is 37.0 Å². The Bertz CT molecular complexity index is 532. The van der Waals surface area contributed by atoms with Crippen molar-refractivity contribution in [3.8, 4) is 11.3 Å². The van der Waals surface area contributed by atoms with E-state index in [4.69, 9.17) is 27.6 Å². The predicted molar refractivity (Wildman–Crippen MR) is 78.5 cm³/mol. The van der Waals surface area contributed by atoms with Crippen molar-refractivity contribution in [2.75, 3.05) is 6.54 Å². The zero-order valence-corrected chi connectivity index (χ0v) is 12.4. The van der Waals surface area contributed by atoms with Gasteiger partial charge in [0.05, 0.1) is 12.7 Å². The second-order valence-corrected chi connectivity index (χ2v) is 5.67. The molecule has 0 aliphatic rings. The van der Waals surface area contributed by atoms with E-state index in [1.807, 2.05) is 0 Å². The molecule has 102 valence electrons. The van der Waals surface area contributed by atoms with E-state index >= 15 is 0 Å². The molecule has 0 saturated heterocycles. The fraction of sp³-hybridized carbons (Fsp3) is 0.357. The molecular formula is C14H16Cl2N2O. The van der Waals surface area contributed by atoms with Crippen molar-refractivity contribution in [3.63, 3.8) is 0 Å². The van der Waals surface area contributed by atoms with Crippen molar-refractivity contribution in [2.24, 2.45) is 5.92 Å². The summed E-state index contributed by atoms with van der Waals surface area (Å²) in [6.07, 6.45) is 1.69. The lowest BCUT2D eigenvalue weighted by molar-refractivity contribution is 0.459. The quantitative estimate of drug-likeness (QED) is 0.889. The Kier molecular flexibility index (Phi) is 4.86. The van der Waals surface area contributed by atoms with Crippen LogP contribution in [0, 0.1) is 5.92 Å². The topological polar surface area (TPSA) is 38.1 Å². The SMILES string of the molecule is CC(C)CNCc1ncc(-c2cc(Cl)cc(Cl)c2)o1. The highest BCUT2D eigenvalue weighted by Crippen LogP contribution is 2.27. The molecule has 2 rings (SSSR count). The van der Waals surface area contributed by atoms with E-state index < -0.39 is 0 Å². The van der Waals surface area contributed by atoms with Crippen molar-refractivity contribution >= 4 is 23.2 Å². The maximum Gasteiger partial charge on any atom is 0.208 e. The summed E-state index contributed by atoms with van der Waals surface area (Å²) in [6.45, 7) is 5.86. The van der Waals surface area contributed by atoms with Gasteiger partial charge in [-0.25, -0.2) is 4.98 Å². The highest BCUT2D eigenvalue weighted by Gasteiger charge is 2.08. The second kappa shape index (κ2) is 6.42. The Labute approximate surface area is 122 Å². The zero-order chi connectivity index (χ0) is 13.8. The van der Waals surface area contributed by atoms with Crippen LogP contribution in [0.5, 0.6) is 0 Å². The molecule has 1 aromatic carbocycles. The van der Waals surface area contributed by atoms with Gasteiger partial charge in [-0.15, -0.1) is 0 Å². The molecule has 0 bridgehead atoms. The molecule has 0 amide bonds. The summed E-state index contributed by atoms with van der Waals surface area (Å²) in [7, 11) is 0. The van der Waals surface area contributed by atoms with E-state index in [2.05, 4.69) is 24.1 Å². The smallest absolute Gasteiger partial charge is 0.208 e. The van der Waals surface area contributed by atoms with Gasteiger partial charge in [0.25, 0.3) is 0 Å². The van der Waals surface area contributed by atoms with E-state index in [-0.39, 0.29) is 0 Å². The van der Waals surface area contributed by atoms with Gasteiger partial charge in [0, 0.05) is 15.6 Å². The predicted octanol–water partition coefficient (Wildman–Crippen LogP) is 4.39. The molecule has 0 aliphatic carbocycles. The maximum absolute atomic E-state index is 5.97. The first kappa shape index (κ1) is 14.4. The summed E-state index contributed by atoms with van der Waals surface area (Å²) < 4.78 is 5.67. The van der Waals surface area contributed by atoms with Crippen molar-refractivity contribution in [3.05, 3.63) is 40.3 Å². The summed E-state index contributed by atoms with van der Waals surface area (Å²) in [5.41, 5.74) is 0.833. The van der Waals surface area contributed by atoms with Gasteiger partial charge in [0.2, 0.25) is 5.89 Å². The first-order chi connectivity index (χ1) is 9.04. The summed E-state index contributed by atoms with van der Waals surface area (Å²) in [5.74, 6) is 1.93. The average Bonchev–Trinajstić information content (AvgIpc) is 2.76. The highest BCUT2D eigenvalue weighted by molar-refractivity contribution is 6.35. The van der Waals surface area contributed by atoms with Crippen LogP contribution in [0.25, 0.3) is 11.3 Å². The van der Waals surface area contributed by atoms with Crippen molar-refractivity contribution in [1.29, 1.82) is 0 Å². The number of benzene rings is 1. The molecule has 0 radical (unpaired) electrons. The van der Waals surface area contributed by atoms with Crippen LogP contribution >= 0.6 is 23.2 Å². The Hall–Kier alpha value is -1.03. The number of nitrogens with zero attached hydrogens (tertiary/aromatic N) is 1. The van der Waals surface area contributed by atoms with Crippen LogP contribution in [0.4, 0.5) is 0 Å². The third-order valence-electron chi connectivity index (χ3n) is 2.53. The van der Waals surface area contributed by atoms with Crippen LogP contribution < -0.4 is 5.32 Å². The minimum absolute atomic E-state index is 0.582. The highest BCUT2D eigenvalue weighted by atomic mass is 35.5. The molecule has 1 N–H and O–H groups in total. The largest absolute Gasteiger partial charge is 0.439 e. The molecule has 3 nitrogen and oxygen atoms in total. The fourth-order valence-corrected chi connectivity index (χ4v) is 2.22. The van der Waals surface area contributed by atoms with Gasteiger partial charge in [-0.2, -0.15) is 0 Å². The molecule has 2 aromatic rings. The Morgan fingerprint density at radius 1 is 1.21 bits per heavy atom. The standard InChI is InChI=1S/C14H16Cl2N2O/c1-9(2)6-17-8-14-18-7-13(19-14)10-3-11(15)5-12(16)4-10/h3-5,7,9,17H,6,8H2,1-2H3. The number of hydrogen-bond donors (Lipinski definition) is 1. The minimum Gasteiger partial charge on any atom is -0.439 e. The maximum atomic E-state index is 5.97. The normalized spacial score (nSPS) is 11.2. The zero-order valence-electron chi connectivity index (χ0n) is 10.9. The lowest BCUT2D eigenvalue weighted by Crippen LogP contribution is -2.18. The number of oxazole rings is 1. The van der Waals surface area contributed by atoms with Gasteiger partial charge in [-0.05, 0) is 30.7 Å². The van der Waals surface area contributed by atoms with Crippen molar-refractivity contribution in [1.82, 2.24) is 10.3 Å². The van der Waals surface area contributed by atoms with Gasteiger partial charge < -0.3 is 9.73 Å². The lowest BCUT2D eigenvalue weighted by Gasteiger charge is -2.04. The number of hydrogen-bond acceptors (Lipinski definition) is 3. The van der Waals surface area contributed by atoms with Gasteiger partial charge in [0.1, 0.15) is 0 Å². The van der Waals surface area contributed by atoms with E-state index in [0.717, 1.165) is 12.1 Å². The molecule has 0 fully saturated rings. The average molecular weight is 299 g/mol. The molecule has 0 aliphatic heterocycles. The van der Waals surface area contributed by atoms with E-state index in [0.29, 0.717) is 34.2 Å².